The van der Waals surface area contributed by atoms with Gasteiger partial charge in [0.25, 0.3) is 10.2 Å². The number of nitrogens with zero attached hydrogens (tertiary/aromatic N) is 1. The third kappa shape index (κ3) is 3.14. The van der Waals surface area contributed by atoms with E-state index < -0.39 is 10.2 Å². The summed E-state index contributed by atoms with van der Waals surface area (Å²) < 4.78 is 27.9. The second kappa shape index (κ2) is 4.78. The average Bonchev–Trinajstić information content (AvgIpc) is 2.45. The Morgan fingerprint density at radius 2 is 2.13 bits per heavy atom. The number of nitrogens with one attached hydrogen (secondary N) is 1. The first-order valence-electron chi connectivity index (χ1n) is 5.36. The largest absolute Gasteiger partial charge is 0.330 e. The van der Waals surface area contributed by atoms with Crippen molar-refractivity contribution in [3.63, 3.8) is 0 Å². The summed E-state index contributed by atoms with van der Waals surface area (Å²) in [5.41, 5.74) is 5.56. The van der Waals surface area contributed by atoms with E-state index in [2.05, 4.69) is 4.72 Å². The molecule has 1 saturated heterocycles. The second-order valence-corrected chi connectivity index (χ2v) is 6.19. The van der Waals surface area contributed by atoms with Gasteiger partial charge in [0.15, 0.2) is 0 Å². The van der Waals surface area contributed by atoms with E-state index in [4.69, 9.17) is 5.73 Å². The summed E-state index contributed by atoms with van der Waals surface area (Å²) in [5, 5.41) is 0. The molecule has 0 aromatic rings. The Kier molecular flexibility index (Phi) is 4.11. The Labute approximate surface area is 92.2 Å². The summed E-state index contributed by atoms with van der Waals surface area (Å²) >= 11 is 0. The van der Waals surface area contributed by atoms with Crippen molar-refractivity contribution in [3.05, 3.63) is 0 Å². The summed E-state index contributed by atoms with van der Waals surface area (Å²) in [5.74, 6) is 0.295. The van der Waals surface area contributed by atoms with Crippen molar-refractivity contribution in [2.24, 2.45) is 11.7 Å². The SMILES string of the molecule is CC(C)NS(=O)(=O)N1CC(CN)CC1C. The Bertz CT molecular complexity index is 302. The van der Waals surface area contributed by atoms with Gasteiger partial charge in [0, 0.05) is 18.6 Å². The number of hydrogen-bond donors (Lipinski definition) is 2. The molecule has 2 atom stereocenters. The Morgan fingerprint density at radius 3 is 2.53 bits per heavy atom. The van der Waals surface area contributed by atoms with Gasteiger partial charge in [-0.1, -0.05) is 0 Å². The Morgan fingerprint density at radius 1 is 1.53 bits per heavy atom. The minimum absolute atomic E-state index is 0.0507. The molecule has 1 aliphatic heterocycles. The van der Waals surface area contributed by atoms with Gasteiger partial charge in [-0.15, -0.1) is 0 Å². The molecule has 1 heterocycles. The first-order chi connectivity index (χ1) is 6.86. The van der Waals surface area contributed by atoms with Crippen molar-refractivity contribution in [1.29, 1.82) is 0 Å². The summed E-state index contributed by atoms with van der Waals surface area (Å²) in [6, 6.07) is -0.0195. The van der Waals surface area contributed by atoms with Crippen molar-refractivity contribution in [1.82, 2.24) is 9.03 Å². The quantitative estimate of drug-likeness (QED) is 0.714. The van der Waals surface area contributed by atoms with Gasteiger partial charge in [-0.3, -0.25) is 0 Å². The van der Waals surface area contributed by atoms with E-state index in [1.807, 2.05) is 20.8 Å². The average molecular weight is 235 g/mol. The molecule has 0 radical (unpaired) electrons. The lowest BCUT2D eigenvalue weighted by Crippen LogP contribution is -2.45. The summed E-state index contributed by atoms with van der Waals surface area (Å²) in [7, 11) is -3.32. The smallest absolute Gasteiger partial charge is 0.279 e. The van der Waals surface area contributed by atoms with E-state index in [1.165, 1.54) is 4.31 Å². The third-order valence-electron chi connectivity index (χ3n) is 2.63. The summed E-state index contributed by atoms with van der Waals surface area (Å²) in [4.78, 5) is 0. The molecule has 3 N–H and O–H groups in total. The van der Waals surface area contributed by atoms with Gasteiger partial charge in [-0.2, -0.15) is 17.4 Å². The van der Waals surface area contributed by atoms with Crippen LogP contribution in [-0.2, 0) is 10.2 Å². The molecule has 6 heteroatoms. The van der Waals surface area contributed by atoms with Crippen LogP contribution < -0.4 is 10.5 Å². The molecule has 1 fully saturated rings. The molecule has 0 aromatic heterocycles. The molecular weight excluding hydrogens is 214 g/mol. The fourth-order valence-electron chi connectivity index (χ4n) is 1.98. The van der Waals surface area contributed by atoms with E-state index in [0.717, 1.165) is 6.42 Å². The normalized spacial score (nSPS) is 28.9. The maximum Gasteiger partial charge on any atom is 0.279 e. The van der Waals surface area contributed by atoms with E-state index in [0.29, 0.717) is 19.0 Å². The molecule has 5 nitrogen and oxygen atoms in total. The van der Waals surface area contributed by atoms with Crippen LogP contribution in [-0.4, -0.2) is 37.9 Å². The third-order valence-corrected chi connectivity index (χ3v) is 4.53. The van der Waals surface area contributed by atoms with Gasteiger partial charge in [-0.05, 0) is 39.7 Å². The molecule has 2 unspecified atom stereocenters. The van der Waals surface area contributed by atoms with Crippen molar-refractivity contribution in [3.8, 4) is 0 Å². The highest BCUT2D eigenvalue weighted by Gasteiger charge is 2.36. The fraction of sp³-hybridized carbons (Fsp3) is 1.00. The first-order valence-corrected chi connectivity index (χ1v) is 6.80. The maximum atomic E-state index is 11.9. The van der Waals surface area contributed by atoms with Crippen molar-refractivity contribution >= 4 is 10.2 Å². The molecule has 0 bridgehead atoms. The minimum Gasteiger partial charge on any atom is -0.330 e. The molecule has 15 heavy (non-hydrogen) atoms. The number of rotatable bonds is 4. The molecule has 0 aliphatic carbocycles. The van der Waals surface area contributed by atoms with E-state index in [-0.39, 0.29) is 12.1 Å². The van der Waals surface area contributed by atoms with Crippen LogP contribution in [0.3, 0.4) is 0 Å². The molecule has 1 rings (SSSR count). The predicted molar refractivity (Wildman–Crippen MR) is 60.5 cm³/mol. The summed E-state index contributed by atoms with van der Waals surface area (Å²) in [6.45, 7) is 6.66. The van der Waals surface area contributed by atoms with Crippen LogP contribution in [0.5, 0.6) is 0 Å². The van der Waals surface area contributed by atoms with Gasteiger partial charge in [-0.25, -0.2) is 0 Å². The molecular formula is C9H21N3O2S. The molecule has 0 amide bonds. The molecule has 0 aromatic carbocycles. The second-order valence-electron chi connectivity index (χ2n) is 4.53. The zero-order valence-corrected chi connectivity index (χ0v) is 10.4. The number of hydrogen-bond acceptors (Lipinski definition) is 3. The van der Waals surface area contributed by atoms with Crippen LogP contribution in [0.2, 0.25) is 0 Å². The van der Waals surface area contributed by atoms with Crippen LogP contribution >= 0.6 is 0 Å². The molecule has 1 aliphatic rings. The monoisotopic (exact) mass is 235 g/mol. The lowest BCUT2D eigenvalue weighted by Gasteiger charge is -2.22. The van der Waals surface area contributed by atoms with Crippen molar-refractivity contribution in [2.75, 3.05) is 13.1 Å². The van der Waals surface area contributed by atoms with Gasteiger partial charge >= 0.3 is 0 Å². The first kappa shape index (κ1) is 12.9. The van der Waals surface area contributed by atoms with Crippen molar-refractivity contribution in [2.45, 2.75) is 39.3 Å². The maximum absolute atomic E-state index is 11.9. The van der Waals surface area contributed by atoms with E-state index >= 15 is 0 Å². The number of nitrogens with two attached hydrogens (primary N) is 1. The van der Waals surface area contributed by atoms with Gasteiger partial charge in [0.2, 0.25) is 0 Å². The van der Waals surface area contributed by atoms with Crippen LogP contribution in [0, 0.1) is 5.92 Å². The zero-order chi connectivity index (χ0) is 11.6. The topological polar surface area (TPSA) is 75.4 Å². The van der Waals surface area contributed by atoms with Gasteiger partial charge in [0.05, 0.1) is 0 Å². The lowest BCUT2D eigenvalue weighted by atomic mass is 10.1. The molecule has 90 valence electrons. The highest BCUT2D eigenvalue weighted by Crippen LogP contribution is 2.24. The Hall–Kier alpha value is -0.170. The minimum atomic E-state index is -3.32. The van der Waals surface area contributed by atoms with Crippen molar-refractivity contribution < 1.29 is 8.42 Å². The van der Waals surface area contributed by atoms with Crippen LogP contribution in [0.4, 0.5) is 0 Å². The zero-order valence-electron chi connectivity index (χ0n) is 9.60. The van der Waals surface area contributed by atoms with E-state index in [9.17, 15) is 8.42 Å². The highest BCUT2D eigenvalue weighted by atomic mass is 32.2. The molecule has 0 saturated carbocycles. The predicted octanol–water partition coefficient (Wildman–Crippen LogP) is -0.102. The highest BCUT2D eigenvalue weighted by molar-refractivity contribution is 7.87. The van der Waals surface area contributed by atoms with Crippen LogP contribution in [0.1, 0.15) is 27.2 Å². The standard InChI is InChI=1S/C9H21N3O2S/c1-7(2)11-15(13,14)12-6-9(5-10)4-8(12)3/h7-9,11H,4-6,10H2,1-3H3. The fourth-order valence-corrected chi connectivity index (χ4v) is 3.68. The van der Waals surface area contributed by atoms with Gasteiger partial charge < -0.3 is 5.73 Å². The van der Waals surface area contributed by atoms with Gasteiger partial charge in [0.1, 0.15) is 0 Å². The van der Waals surface area contributed by atoms with Crippen LogP contribution in [0.15, 0.2) is 0 Å². The molecule has 0 spiro atoms. The van der Waals surface area contributed by atoms with Crippen LogP contribution in [0.25, 0.3) is 0 Å². The Balaban J connectivity index is 2.72. The summed E-state index contributed by atoms with van der Waals surface area (Å²) in [6.07, 6.45) is 0.857. The lowest BCUT2D eigenvalue weighted by molar-refractivity contribution is 0.393. The van der Waals surface area contributed by atoms with E-state index in [1.54, 1.807) is 0 Å².